The van der Waals surface area contributed by atoms with Crippen molar-refractivity contribution in [2.45, 2.75) is 31.5 Å². The minimum absolute atomic E-state index is 0.182. The van der Waals surface area contributed by atoms with Gasteiger partial charge in [-0.25, -0.2) is 0 Å². The summed E-state index contributed by atoms with van der Waals surface area (Å²) in [5.74, 6) is 0.182. The normalized spacial score (nSPS) is 24.1. The summed E-state index contributed by atoms with van der Waals surface area (Å²) < 4.78 is 1.85. The number of hydrogen-bond donors (Lipinski definition) is 0. The number of rotatable bonds is 3. The Balaban J connectivity index is 1.46. The molecule has 0 unspecified atom stereocenters. The first kappa shape index (κ1) is 14.5. The van der Waals surface area contributed by atoms with Gasteiger partial charge < -0.3 is 4.90 Å². The lowest BCUT2D eigenvalue weighted by atomic mass is 10.1. The SMILES string of the molecule is Cn1cc(CN2CC[C@@H]3[C@@H]2CCN3C(=O)c2ccccc2)cn1. The molecule has 0 aliphatic carbocycles. The molecule has 0 spiro atoms. The summed E-state index contributed by atoms with van der Waals surface area (Å²) in [4.78, 5) is 17.4. The number of hydrogen-bond acceptors (Lipinski definition) is 3. The van der Waals surface area contributed by atoms with Crippen LogP contribution in [-0.4, -0.2) is 50.7 Å². The lowest BCUT2D eigenvalue weighted by molar-refractivity contribution is 0.0732. The summed E-state index contributed by atoms with van der Waals surface area (Å²) in [5.41, 5.74) is 2.06. The zero-order valence-corrected chi connectivity index (χ0v) is 13.4. The Morgan fingerprint density at radius 2 is 1.96 bits per heavy atom. The van der Waals surface area contributed by atoms with Crippen molar-refractivity contribution < 1.29 is 4.79 Å². The van der Waals surface area contributed by atoms with Gasteiger partial charge in [-0.05, 0) is 25.0 Å². The van der Waals surface area contributed by atoms with Crippen LogP contribution in [0, 0.1) is 0 Å². The third-order valence-electron chi connectivity index (χ3n) is 5.12. The summed E-state index contributed by atoms with van der Waals surface area (Å²) >= 11 is 0. The first-order chi connectivity index (χ1) is 11.2. The first-order valence-corrected chi connectivity index (χ1v) is 8.30. The number of fused-ring (bicyclic) bond motifs is 1. The Labute approximate surface area is 136 Å². The number of amides is 1. The van der Waals surface area contributed by atoms with Gasteiger partial charge in [0, 0.05) is 56.1 Å². The van der Waals surface area contributed by atoms with E-state index in [1.807, 2.05) is 48.3 Å². The second kappa shape index (κ2) is 5.81. The molecule has 0 saturated carbocycles. The molecule has 2 aliphatic rings. The topological polar surface area (TPSA) is 41.4 Å². The number of carbonyl (C=O) groups is 1. The van der Waals surface area contributed by atoms with Gasteiger partial charge in [-0.3, -0.25) is 14.4 Å². The van der Waals surface area contributed by atoms with E-state index in [2.05, 4.69) is 21.1 Å². The molecular formula is C18H22N4O. The van der Waals surface area contributed by atoms with E-state index in [1.165, 1.54) is 5.56 Å². The molecule has 0 N–H and O–H groups in total. The Bertz CT molecular complexity index is 696. The van der Waals surface area contributed by atoms with E-state index in [0.29, 0.717) is 12.1 Å². The van der Waals surface area contributed by atoms with E-state index < -0.39 is 0 Å². The zero-order valence-electron chi connectivity index (χ0n) is 13.4. The van der Waals surface area contributed by atoms with Crippen LogP contribution >= 0.6 is 0 Å². The van der Waals surface area contributed by atoms with Crippen LogP contribution in [0.5, 0.6) is 0 Å². The van der Waals surface area contributed by atoms with Crippen molar-refractivity contribution in [3.63, 3.8) is 0 Å². The number of likely N-dealkylation sites (tertiary alicyclic amines) is 2. The molecule has 0 radical (unpaired) electrons. The number of aryl methyl sites for hydroxylation is 1. The fourth-order valence-electron chi connectivity index (χ4n) is 4.06. The van der Waals surface area contributed by atoms with Crippen LogP contribution in [0.2, 0.25) is 0 Å². The fourth-order valence-corrected chi connectivity index (χ4v) is 4.06. The van der Waals surface area contributed by atoms with Crippen molar-refractivity contribution >= 4 is 5.91 Å². The Morgan fingerprint density at radius 1 is 1.17 bits per heavy atom. The Hall–Kier alpha value is -2.14. The standard InChI is InChI=1S/C18H22N4O/c1-20-12-14(11-19-20)13-21-9-7-17-16(21)8-10-22(17)18(23)15-5-3-2-4-6-15/h2-6,11-12,16-17H,7-10,13H2,1H3/t16-,17+/m0/s1. The molecule has 3 heterocycles. The van der Waals surface area contributed by atoms with Crippen molar-refractivity contribution in [3.05, 3.63) is 53.9 Å². The highest BCUT2D eigenvalue weighted by atomic mass is 16.2. The highest BCUT2D eigenvalue weighted by molar-refractivity contribution is 5.94. The van der Waals surface area contributed by atoms with Crippen molar-refractivity contribution in [1.82, 2.24) is 19.6 Å². The average molecular weight is 310 g/mol. The summed E-state index contributed by atoms with van der Waals surface area (Å²) in [7, 11) is 1.95. The van der Waals surface area contributed by atoms with Crippen molar-refractivity contribution in [3.8, 4) is 0 Å². The maximum Gasteiger partial charge on any atom is 0.254 e. The molecule has 1 aromatic heterocycles. The number of carbonyl (C=O) groups excluding carboxylic acids is 1. The van der Waals surface area contributed by atoms with Gasteiger partial charge in [-0.1, -0.05) is 18.2 Å². The van der Waals surface area contributed by atoms with Gasteiger partial charge in [0.15, 0.2) is 0 Å². The van der Waals surface area contributed by atoms with Crippen LogP contribution in [0.3, 0.4) is 0 Å². The van der Waals surface area contributed by atoms with E-state index in [4.69, 9.17) is 0 Å². The van der Waals surface area contributed by atoms with E-state index >= 15 is 0 Å². The van der Waals surface area contributed by atoms with Crippen LogP contribution in [0.15, 0.2) is 42.7 Å². The van der Waals surface area contributed by atoms with Gasteiger partial charge in [0.1, 0.15) is 0 Å². The van der Waals surface area contributed by atoms with Gasteiger partial charge in [0.2, 0.25) is 0 Å². The third kappa shape index (κ3) is 2.65. The predicted octanol–water partition coefficient (Wildman–Crippen LogP) is 1.91. The molecule has 2 fully saturated rings. The highest BCUT2D eigenvalue weighted by Gasteiger charge is 2.44. The molecule has 2 saturated heterocycles. The van der Waals surface area contributed by atoms with Gasteiger partial charge >= 0.3 is 0 Å². The summed E-state index contributed by atoms with van der Waals surface area (Å²) in [6, 6.07) is 10.5. The minimum atomic E-state index is 0.182. The summed E-state index contributed by atoms with van der Waals surface area (Å²) in [6.45, 7) is 2.86. The monoisotopic (exact) mass is 310 g/mol. The minimum Gasteiger partial charge on any atom is -0.334 e. The lowest BCUT2D eigenvalue weighted by Gasteiger charge is -2.25. The van der Waals surface area contributed by atoms with Crippen LogP contribution < -0.4 is 0 Å². The molecule has 2 atom stereocenters. The van der Waals surface area contributed by atoms with Crippen LogP contribution in [0.25, 0.3) is 0 Å². The van der Waals surface area contributed by atoms with E-state index in [1.54, 1.807) is 0 Å². The third-order valence-corrected chi connectivity index (χ3v) is 5.12. The van der Waals surface area contributed by atoms with Gasteiger partial charge in [-0.15, -0.1) is 0 Å². The number of aromatic nitrogens is 2. The Kier molecular flexibility index (Phi) is 3.65. The molecule has 120 valence electrons. The molecule has 1 aromatic carbocycles. The summed E-state index contributed by atoms with van der Waals surface area (Å²) in [5, 5.41) is 4.25. The van der Waals surface area contributed by atoms with Crippen LogP contribution in [-0.2, 0) is 13.6 Å². The van der Waals surface area contributed by atoms with Gasteiger partial charge in [0.05, 0.1) is 6.20 Å². The van der Waals surface area contributed by atoms with Crippen molar-refractivity contribution in [2.24, 2.45) is 7.05 Å². The average Bonchev–Trinajstić information content (AvgIpc) is 3.26. The molecular weight excluding hydrogens is 288 g/mol. The maximum atomic E-state index is 12.8. The zero-order chi connectivity index (χ0) is 15.8. The molecule has 2 aromatic rings. The molecule has 4 rings (SSSR count). The molecule has 5 heteroatoms. The fraction of sp³-hybridized carbons (Fsp3) is 0.444. The van der Waals surface area contributed by atoms with Gasteiger partial charge in [0.25, 0.3) is 5.91 Å². The number of nitrogens with zero attached hydrogens (tertiary/aromatic N) is 4. The second-order valence-electron chi connectivity index (χ2n) is 6.57. The number of benzene rings is 1. The van der Waals surface area contributed by atoms with E-state index in [-0.39, 0.29) is 5.91 Å². The van der Waals surface area contributed by atoms with E-state index in [9.17, 15) is 4.79 Å². The van der Waals surface area contributed by atoms with Crippen LogP contribution in [0.4, 0.5) is 0 Å². The first-order valence-electron chi connectivity index (χ1n) is 8.30. The second-order valence-corrected chi connectivity index (χ2v) is 6.57. The Morgan fingerprint density at radius 3 is 2.70 bits per heavy atom. The van der Waals surface area contributed by atoms with Crippen LogP contribution in [0.1, 0.15) is 28.8 Å². The van der Waals surface area contributed by atoms with Gasteiger partial charge in [-0.2, -0.15) is 5.10 Å². The predicted molar refractivity (Wildman–Crippen MR) is 87.9 cm³/mol. The smallest absolute Gasteiger partial charge is 0.254 e. The van der Waals surface area contributed by atoms with Crippen molar-refractivity contribution in [1.29, 1.82) is 0 Å². The molecule has 1 amide bonds. The molecule has 0 bridgehead atoms. The van der Waals surface area contributed by atoms with E-state index in [0.717, 1.165) is 38.0 Å². The molecule has 2 aliphatic heterocycles. The quantitative estimate of drug-likeness (QED) is 0.869. The molecule has 23 heavy (non-hydrogen) atoms. The lowest BCUT2D eigenvalue weighted by Crippen LogP contribution is -2.39. The summed E-state index contributed by atoms with van der Waals surface area (Å²) in [6.07, 6.45) is 6.16. The largest absolute Gasteiger partial charge is 0.334 e. The molecule has 5 nitrogen and oxygen atoms in total. The highest BCUT2D eigenvalue weighted by Crippen LogP contribution is 2.33. The van der Waals surface area contributed by atoms with Crippen molar-refractivity contribution in [2.75, 3.05) is 13.1 Å². The maximum absolute atomic E-state index is 12.8.